The lowest BCUT2D eigenvalue weighted by Gasteiger charge is -2.57. The molecule has 1 spiro atoms. The van der Waals surface area contributed by atoms with Gasteiger partial charge in [0.15, 0.2) is 17.6 Å². The first-order chi connectivity index (χ1) is 13.1. The summed E-state index contributed by atoms with van der Waals surface area (Å²) < 4.78 is 12.1. The van der Waals surface area contributed by atoms with Crippen molar-refractivity contribution in [3.63, 3.8) is 0 Å². The van der Waals surface area contributed by atoms with E-state index in [9.17, 15) is 4.79 Å². The zero-order valence-electron chi connectivity index (χ0n) is 15.6. The highest BCUT2D eigenvalue weighted by Crippen LogP contribution is 2.63. The molecule has 2 heterocycles. The normalized spacial score (nSPS) is 34.7. The van der Waals surface area contributed by atoms with Crippen molar-refractivity contribution in [2.45, 2.75) is 43.2 Å². The van der Waals surface area contributed by atoms with E-state index in [1.165, 1.54) is 11.1 Å². The first-order valence-electron chi connectivity index (χ1n) is 9.54. The molecule has 2 fully saturated rings. The number of ether oxygens (including phenoxy) is 2. The third-order valence-electron chi connectivity index (χ3n) is 6.98. The van der Waals surface area contributed by atoms with E-state index >= 15 is 0 Å². The second kappa shape index (κ2) is 5.86. The van der Waals surface area contributed by atoms with Gasteiger partial charge in [0.2, 0.25) is 6.61 Å². The lowest BCUT2D eigenvalue weighted by molar-refractivity contribution is -0.142. The maximum atomic E-state index is 10.8. The average molecular weight is 372 g/mol. The Morgan fingerprint density at radius 3 is 3.11 bits per heavy atom. The Hall–Kier alpha value is -2.28. The van der Waals surface area contributed by atoms with Gasteiger partial charge >= 0.3 is 5.97 Å². The summed E-state index contributed by atoms with van der Waals surface area (Å²) in [5.41, 5.74) is 3.35. The summed E-state index contributed by atoms with van der Waals surface area (Å²) in [6.07, 6.45) is 3.62. The van der Waals surface area contributed by atoms with E-state index in [0.29, 0.717) is 12.0 Å². The van der Waals surface area contributed by atoms with Crippen molar-refractivity contribution < 1.29 is 24.2 Å². The van der Waals surface area contributed by atoms with Crippen LogP contribution >= 0.6 is 0 Å². The minimum Gasteiger partial charge on any atom is -0.493 e. The van der Waals surface area contributed by atoms with Gasteiger partial charge in [-0.2, -0.15) is 0 Å². The molecule has 0 aromatic heterocycles. The van der Waals surface area contributed by atoms with Gasteiger partial charge < -0.3 is 24.3 Å². The number of piperidine rings is 1. The Labute approximate surface area is 157 Å². The Morgan fingerprint density at radius 1 is 1.48 bits per heavy atom. The predicted octanol–water partition coefficient (Wildman–Crippen LogP) is 1.82. The van der Waals surface area contributed by atoms with E-state index in [1.807, 2.05) is 6.07 Å². The maximum Gasteiger partial charge on any atom is 0.344 e. The molecule has 1 saturated heterocycles. The summed E-state index contributed by atoms with van der Waals surface area (Å²) in [5, 5.41) is 13.1. The molecule has 7 heteroatoms. The fraction of sp³-hybridized carbons (Fsp3) is 0.600. The number of oxime groups is 1. The highest BCUT2D eigenvalue weighted by atomic mass is 16.6. The summed E-state index contributed by atoms with van der Waals surface area (Å²) >= 11 is 0. The van der Waals surface area contributed by atoms with Crippen LogP contribution in [0.15, 0.2) is 17.3 Å². The lowest BCUT2D eigenvalue weighted by atomic mass is 9.51. The Bertz CT molecular complexity index is 838. The molecule has 2 aliphatic carbocycles. The van der Waals surface area contributed by atoms with Crippen molar-refractivity contribution in [2.24, 2.45) is 11.1 Å². The summed E-state index contributed by atoms with van der Waals surface area (Å²) in [6, 6.07) is 4.67. The summed E-state index contributed by atoms with van der Waals surface area (Å²) in [7, 11) is 3.89. The molecule has 1 aromatic rings. The number of methoxy groups -OCH3 is 1. The van der Waals surface area contributed by atoms with Crippen molar-refractivity contribution in [3.05, 3.63) is 23.3 Å². The van der Waals surface area contributed by atoms with Crippen LogP contribution in [0.5, 0.6) is 11.5 Å². The molecule has 2 aliphatic heterocycles. The number of carboxylic acids is 1. The largest absolute Gasteiger partial charge is 0.493 e. The SMILES string of the molecule is COc1ccc2c3c1O[C@H]1/C(=N/OCC(=O)O)CC[C@H]4[C@@H](C2)N(C)CC[C@]314. The molecule has 0 amide bonds. The van der Waals surface area contributed by atoms with Crippen LogP contribution in [0.3, 0.4) is 0 Å². The molecule has 0 radical (unpaired) electrons. The first-order valence-corrected chi connectivity index (χ1v) is 9.54. The molecule has 27 heavy (non-hydrogen) atoms. The van der Waals surface area contributed by atoms with Crippen LogP contribution in [0.2, 0.25) is 0 Å². The molecule has 1 aromatic carbocycles. The Balaban J connectivity index is 1.64. The number of rotatable bonds is 4. The van der Waals surface area contributed by atoms with Crippen LogP contribution in [0.1, 0.15) is 30.4 Å². The van der Waals surface area contributed by atoms with Crippen LogP contribution in [0.4, 0.5) is 0 Å². The summed E-state index contributed by atoms with van der Waals surface area (Å²) in [6.45, 7) is 0.583. The van der Waals surface area contributed by atoms with Crippen molar-refractivity contribution in [1.29, 1.82) is 0 Å². The van der Waals surface area contributed by atoms with Gasteiger partial charge in [-0.25, -0.2) is 4.79 Å². The predicted molar refractivity (Wildman–Crippen MR) is 97.6 cm³/mol. The second-order valence-corrected chi connectivity index (χ2v) is 8.07. The first kappa shape index (κ1) is 16.9. The molecule has 1 saturated carbocycles. The van der Waals surface area contributed by atoms with E-state index in [-0.39, 0.29) is 11.5 Å². The number of carboxylic acid groups (broad SMARTS) is 1. The van der Waals surface area contributed by atoms with Crippen LogP contribution < -0.4 is 9.47 Å². The van der Waals surface area contributed by atoms with Gasteiger partial charge in [0.05, 0.1) is 12.8 Å². The number of carbonyl (C=O) groups is 1. The lowest BCUT2D eigenvalue weighted by Crippen LogP contribution is -2.65. The number of hydrogen-bond acceptors (Lipinski definition) is 6. The highest BCUT2D eigenvalue weighted by molar-refractivity contribution is 5.93. The standard InChI is InChI=1S/C20H24N2O5/c1-22-8-7-20-12-4-5-13(21-26-10-16(23)24)19(20)27-18-15(25-2)6-3-11(17(18)20)9-14(12)22/h3,6,12,14,19H,4-5,7-10H2,1-2H3,(H,23,24)/b21-13+/t12-,14+,19-,20-/m0/s1. The fourth-order valence-electron chi connectivity index (χ4n) is 5.95. The van der Waals surface area contributed by atoms with Gasteiger partial charge in [0.25, 0.3) is 0 Å². The molecule has 4 aliphatic rings. The average Bonchev–Trinajstić information content (AvgIpc) is 3.00. The molecule has 144 valence electrons. The van der Waals surface area contributed by atoms with E-state index in [4.69, 9.17) is 19.4 Å². The van der Waals surface area contributed by atoms with Crippen molar-refractivity contribution in [1.82, 2.24) is 4.90 Å². The maximum absolute atomic E-state index is 10.8. The molecule has 5 rings (SSSR count). The Kier molecular flexibility index (Phi) is 3.66. The van der Waals surface area contributed by atoms with Crippen LogP contribution in [-0.2, 0) is 21.5 Å². The van der Waals surface area contributed by atoms with Crippen LogP contribution in [0.25, 0.3) is 0 Å². The minimum absolute atomic E-state index is 0.113. The molecule has 4 atom stereocenters. The molecule has 0 unspecified atom stereocenters. The van der Waals surface area contributed by atoms with Gasteiger partial charge in [0.1, 0.15) is 0 Å². The zero-order valence-corrected chi connectivity index (χ0v) is 15.6. The van der Waals surface area contributed by atoms with E-state index in [2.05, 4.69) is 23.2 Å². The molecular formula is C20H24N2O5. The molecular weight excluding hydrogens is 348 g/mol. The van der Waals surface area contributed by atoms with Gasteiger partial charge in [-0.05, 0) is 56.8 Å². The summed E-state index contributed by atoms with van der Waals surface area (Å²) in [5.74, 6) is 1.09. The number of likely N-dealkylation sites (tertiary alicyclic amines) is 1. The number of likely N-dealkylation sites (N-methyl/N-ethyl adjacent to an activating group) is 1. The van der Waals surface area contributed by atoms with Crippen molar-refractivity contribution >= 4 is 11.7 Å². The van der Waals surface area contributed by atoms with Gasteiger partial charge in [-0.15, -0.1) is 0 Å². The number of hydrogen-bond donors (Lipinski definition) is 1. The van der Waals surface area contributed by atoms with Gasteiger partial charge in [-0.3, -0.25) is 0 Å². The van der Waals surface area contributed by atoms with Crippen molar-refractivity contribution in [2.75, 3.05) is 27.3 Å². The van der Waals surface area contributed by atoms with E-state index in [0.717, 1.165) is 49.4 Å². The molecule has 7 nitrogen and oxygen atoms in total. The smallest absolute Gasteiger partial charge is 0.344 e. The molecule has 1 N–H and O–H groups in total. The zero-order chi connectivity index (χ0) is 18.8. The van der Waals surface area contributed by atoms with Gasteiger partial charge in [-0.1, -0.05) is 11.2 Å². The quantitative estimate of drug-likeness (QED) is 0.812. The third-order valence-corrected chi connectivity index (χ3v) is 6.98. The summed E-state index contributed by atoms with van der Waals surface area (Å²) in [4.78, 5) is 18.4. The fourth-order valence-corrected chi connectivity index (χ4v) is 5.95. The topological polar surface area (TPSA) is 80.6 Å². The van der Waals surface area contributed by atoms with E-state index in [1.54, 1.807) is 7.11 Å². The number of nitrogens with zero attached hydrogens (tertiary/aromatic N) is 2. The minimum atomic E-state index is -1.03. The third kappa shape index (κ3) is 2.18. The van der Waals surface area contributed by atoms with Crippen LogP contribution in [-0.4, -0.2) is 61.1 Å². The number of aliphatic carboxylic acids is 1. The van der Waals surface area contributed by atoms with Crippen LogP contribution in [0, 0.1) is 5.92 Å². The van der Waals surface area contributed by atoms with E-state index < -0.39 is 12.6 Å². The molecule has 2 bridgehead atoms. The second-order valence-electron chi connectivity index (χ2n) is 8.07. The highest BCUT2D eigenvalue weighted by Gasteiger charge is 2.65. The monoisotopic (exact) mass is 372 g/mol. The van der Waals surface area contributed by atoms with Crippen molar-refractivity contribution in [3.8, 4) is 11.5 Å². The number of benzene rings is 1. The Morgan fingerprint density at radius 2 is 2.33 bits per heavy atom. The van der Waals surface area contributed by atoms with Gasteiger partial charge in [0, 0.05) is 17.0 Å².